The van der Waals surface area contributed by atoms with Gasteiger partial charge in [-0.05, 0) is 19.9 Å². The lowest BCUT2D eigenvalue weighted by Crippen LogP contribution is -2.32. The zero-order valence-corrected chi connectivity index (χ0v) is 21.0. The highest BCUT2D eigenvalue weighted by Gasteiger charge is 2.41. The minimum absolute atomic E-state index is 0.0304. The molecule has 0 aliphatic carbocycles. The zero-order chi connectivity index (χ0) is 26.5. The third-order valence-corrected chi connectivity index (χ3v) is 7.28. The molecule has 3 aromatic heterocycles. The molecular formula is C23H23F2N7O4S. The van der Waals surface area contributed by atoms with Crippen LogP contribution >= 0.6 is 11.8 Å². The first-order chi connectivity index (χ1) is 17.6. The van der Waals surface area contributed by atoms with Crippen molar-refractivity contribution in [2.24, 2.45) is 0 Å². The van der Waals surface area contributed by atoms with Gasteiger partial charge >= 0.3 is 6.09 Å². The molecule has 37 heavy (non-hydrogen) atoms. The van der Waals surface area contributed by atoms with Gasteiger partial charge in [-0.3, -0.25) is 15.1 Å². The Morgan fingerprint density at radius 1 is 1.30 bits per heavy atom. The van der Waals surface area contributed by atoms with E-state index in [1.807, 2.05) is 13.8 Å². The number of carbonyl (C=O) groups is 2. The number of likely N-dealkylation sites (tertiary alicyclic amines) is 1. The number of anilines is 1. The lowest BCUT2D eigenvalue weighted by atomic mass is 10.1. The molecule has 5 rings (SSSR count). The molecule has 0 radical (unpaired) electrons. The number of hydrogen-bond acceptors (Lipinski definition) is 8. The first kappa shape index (κ1) is 24.9. The summed E-state index contributed by atoms with van der Waals surface area (Å²) in [7, 11) is 1.58. The highest BCUT2D eigenvalue weighted by molar-refractivity contribution is 7.99. The topological polar surface area (TPSA) is 135 Å². The van der Waals surface area contributed by atoms with Crippen molar-refractivity contribution in [2.45, 2.75) is 37.8 Å². The number of aryl methyl sites for hydroxylation is 1. The third-order valence-electron chi connectivity index (χ3n) is 6.26. The summed E-state index contributed by atoms with van der Waals surface area (Å²) >= 11 is 1.19. The molecule has 0 aromatic carbocycles. The van der Waals surface area contributed by atoms with E-state index >= 15 is 0 Å². The Labute approximate surface area is 213 Å². The van der Waals surface area contributed by atoms with Gasteiger partial charge in [0.2, 0.25) is 5.95 Å². The third kappa shape index (κ3) is 4.68. The normalized spacial score (nSPS) is 16.5. The Hall–Kier alpha value is -3.81. The molecule has 3 aromatic rings. The molecular weight excluding hydrogens is 508 g/mol. The second-order valence-corrected chi connectivity index (χ2v) is 9.83. The fourth-order valence-corrected chi connectivity index (χ4v) is 5.49. The molecule has 0 atom stereocenters. The summed E-state index contributed by atoms with van der Waals surface area (Å²) in [6, 6.07) is 0. The van der Waals surface area contributed by atoms with Gasteiger partial charge in [-0.25, -0.2) is 23.2 Å². The molecule has 0 saturated carbocycles. The molecule has 0 unspecified atom stereocenters. The number of ether oxygens (including phenoxy) is 1. The lowest BCUT2D eigenvalue weighted by molar-refractivity contribution is -0.127. The van der Waals surface area contributed by atoms with Crippen LogP contribution in [0.1, 0.15) is 28.9 Å². The van der Waals surface area contributed by atoms with Crippen molar-refractivity contribution in [1.82, 2.24) is 29.6 Å². The number of thioether (sulfide) groups is 1. The van der Waals surface area contributed by atoms with Gasteiger partial charge in [0.15, 0.2) is 5.65 Å². The SMILES string of the molecule is COc1c(C)cnc(Cn2nc3c4c(nc(NC(=O)O)nc42)SCC(C(=O)N2CCC(F)(F)C2)=C3)c1C. The highest BCUT2D eigenvalue weighted by atomic mass is 32.2. The predicted octanol–water partition coefficient (Wildman–Crippen LogP) is 3.34. The Balaban J connectivity index is 1.60. The molecule has 2 N–H and O–H groups in total. The van der Waals surface area contributed by atoms with E-state index in [-0.39, 0.29) is 31.2 Å². The number of pyridine rings is 1. The van der Waals surface area contributed by atoms with Crippen molar-refractivity contribution in [2.75, 3.05) is 31.3 Å². The molecule has 2 aliphatic heterocycles. The van der Waals surface area contributed by atoms with Crippen molar-refractivity contribution in [3.63, 3.8) is 0 Å². The summed E-state index contributed by atoms with van der Waals surface area (Å²) in [5, 5.41) is 17.0. The average Bonchev–Trinajstić information content (AvgIpc) is 3.30. The molecule has 0 bridgehead atoms. The van der Waals surface area contributed by atoms with Gasteiger partial charge in [0.1, 0.15) is 10.8 Å². The van der Waals surface area contributed by atoms with Crippen molar-refractivity contribution < 1.29 is 28.2 Å². The molecule has 2 aliphatic rings. The molecule has 11 nitrogen and oxygen atoms in total. The largest absolute Gasteiger partial charge is 0.496 e. The van der Waals surface area contributed by atoms with Crippen molar-refractivity contribution in [1.29, 1.82) is 0 Å². The van der Waals surface area contributed by atoms with E-state index in [0.29, 0.717) is 38.8 Å². The van der Waals surface area contributed by atoms with Crippen LogP contribution in [-0.2, 0) is 11.3 Å². The number of carbonyl (C=O) groups excluding carboxylic acids is 1. The van der Waals surface area contributed by atoms with E-state index in [4.69, 9.17) is 4.74 Å². The second kappa shape index (κ2) is 9.25. The standard InChI is InChI=1S/C23H23F2N7O4S/c1-11-7-26-15(12(2)17(11)36-3)8-32-18-16-14(30-32)6-13(20(33)31-5-4-23(24,25)10-31)9-37-19(16)28-21(27-18)29-22(34)35/h6-7H,4-5,8-10H2,1-3H3,(H,34,35)(H,27,28,29). The Morgan fingerprint density at radius 2 is 2.08 bits per heavy atom. The van der Waals surface area contributed by atoms with Gasteiger partial charge in [0, 0.05) is 41.6 Å². The number of hydrogen-bond donors (Lipinski definition) is 2. The maximum Gasteiger partial charge on any atom is 0.411 e. The van der Waals surface area contributed by atoms with E-state index < -0.39 is 24.5 Å². The average molecular weight is 532 g/mol. The number of aromatic nitrogens is 5. The van der Waals surface area contributed by atoms with Crippen LogP contribution in [0.4, 0.5) is 19.5 Å². The van der Waals surface area contributed by atoms with Gasteiger partial charge in [-0.15, -0.1) is 11.8 Å². The number of carboxylic acid groups (broad SMARTS) is 1. The summed E-state index contributed by atoms with van der Waals surface area (Å²) in [6.07, 6.45) is 1.55. The molecule has 194 valence electrons. The number of methoxy groups -OCH3 is 1. The van der Waals surface area contributed by atoms with E-state index in [0.717, 1.165) is 16.0 Å². The van der Waals surface area contributed by atoms with Crippen molar-refractivity contribution in [3.05, 3.63) is 34.3 Å². The molecule has 2 amide bonds. The fraction of sp³-hybridized carbons (Fsp3) is 0.391. The second-order valence-electron chi connectivity index (χ2n) is 8.86. The van der Waals surface area contributed by atoms with Crippen LogP contribution in [0.25, 0.3) is 17.1 Å². The summed E-state index contributed by atoms with van der Waals surface area (Å²) in [4.78, 5) is 38.7. The maximum absolute atomic E-state index is 13.8. The first-order valence-electron chi connectivity index (χ1n) is 11.3. The highest BCUT2D eigenvalue weighted by Crippen LogP contribution is 2.37. The minimum Gasteiger partial charge on any atom is -0.496 e. The van der Waals surface area contributed by atoms with Gasteiger partial charge in [-0.1, -0.05) is 0 Å². The fourth-order valence-electron chi connectivity index (χ4n) is 4.50. The zero-order valence-electron chi connectivity index (χ0n) is 20.2. The lowest BCUT2D eigenvalue weighted by Gasteiger charge is -2.17. The summed E-state index contributed by atoms with van der Waals surface area (Å²) in [6.45, 7) is 3.28. The number of halogens is 2. The predicted molar refractivity (Wildman–Crippen MR) is 131 cm³/mol. The van der Waals surface area contributed by atoms with E-state index in [1.54, 1.807) is 24.1 Å². The number of amides is 2. The molecule has 1 saturated heterocycles. The van der Waals surface area contributed by atoms with Gasteiger partial charge in [0.25, 0.3) is 11.8 Å². The monoisotopic (exact) mass is 531 g/mol. The molecule has 0 spiro atoms. The van der Waals surface area contributed by atoms with Crippen LogP contribution in [0.5, 0.6) is 5.75 Å². The summed E-state index contributed by atoms with van der Waals surface area (Å²) < 4.78 is 34.6. The quantitative estimate of drug-likeness (QED) is 0.475. The Morgan fingerprint density at radius 3 is 2.76 bits per heavy atom. The van der Waals surface area contributed by atoms with E-state index in [2.05, 4.69) is 25.4 Å². The summed E-state index contributed by atoms with van der Waals surface area (Å²) in [5.74, 6) is -2.69. The van der Waals surface area contributed by atoms with E-state index in [1.165, 1.54) is 11.8 Å². The summed E-state index contributed by atoms with van der Waals surface area (Å²) in [5.41, 5.74) is 3.38. The van der Waals surface area contributed by atoms with E-state index in [9.17, 15) is 23.5 Å². The Kier molecular flexibility index (Phi) is 6.22. The number of nitrogens with zero attached hydrogens (tertiary/aromatic N) is 6. The smallest absolute Gasteiger partial charge is 0.411 e. The van der Waals surface area contributed by atoms with Crippen LogP contribution in [0, 0.1) is 13.8 Å². The Bertz CT molecular complexity index is 1470. The molecule has 1 fully saturated rings. The maximum atomic E-state index is 13.8. The number of rotatable bonds is 5. The molecule has 14 heteroatoms. The van der Waals surface area contributed by atoms with Gasteiger partial charge in [0.05, 0.1) is 37.0 Å². The number of alkyl halides is 2. The molecule has 5 heterocycles. The minimum atomic E-state index is -2.91. The van der Waals surface area contributed by atoms with Crippen LogP contribution in [-0.4, -0.2) is 78.6 Å². The number of nitrogens with one attached hydrogen (secondary N) is 1. The van der Waals surface area contributed by atoms with Crippen LogP contribution < -0.4 is 10.1 Å². The van der Waals surface area contributed by atoms with Crippen LogP contribution in [0.3, 0.4) is 0 Å². The first-order valence-corrected chi connectivity index (χ1v) is 12.3. The van der Waals surface area contributed by atoms with Crippen LogP contribution in [0.2, 0.25) is 0 Å². The van der Waals surface area contributed by atoms with Crippen LogP contribution in [0.15, 0.2) is 16.8 Å². The van der Waals surface area contributed by atoms with Gasteiger partial charge < -0.3 is 14.7 Å². The van der Waals surface area contributed by atoms with Gasteiger partial charge in [-0.2, -0.15) is 10.1 Å². The van der Waals surface area contributed by atoms with Crippen molar-refractivity contribution >= 4 is 46.8 Å². The van der Waals surface area contributed by atoms with Crippen molar-refractivity contribution in [3.8, 4) is 5.75 Å².